The number of hydrogen-bond donors (Lipinski definition) is 1. The first-order chi connectivity index (χ1) is 15.7. The van der Waals surface area contributed by atoms with Crippen LogP contribution in [0.5, 0.6) is 11.5 Å². The molecule has 2 aromatic heterocycles. The number of aromatic nitrogens is 2. The molecule has 0 fully saturated rings. The summed E-state index contributed by atoms with van der Waals surface area (Å²) in [7, 11) is 1.95. The molecule has 7 nitrogen and oxygen atoms in total. The SMILES string of the molecule is CN(CCC(=O)NCc1ccc2c(c1)OCO2)c1ncnc2sc(-c3ccccc3)cc12. The topological polar surface area (TPSA) is 76.6 Å². The average molecular weight is 447 g/mol. The van der Waals surface area contributed by atoms with E-state index in [2.05, 4.69) is 33.5 Å². The number of nitrogens with zero attached hydrogens (tertiary/aromatic N) is 3. The second-order valence-electron chi connectivity index (χ2n) is 7.53. The normalized spacial score (nSPS) is 12.2. The molecule has 0 radical (unpaired) electrons. The number of fused-ring (bicyclic) bond motifs is 2. The molecule has 1 N–H and O–H groups in total. The second-order valence-corrected chi connectivity index (χ2v) is 8.56. The molecule has 3 heterocycles. The van der Waals surface area contributed by atoms with Crippen LogP contribution >= 0.6 is 11.3 Å². The highest BCUT2D eigenvalue weighted by Crippen LogP contribution is 2.36. The molecule has 1 amide bonds. The first-order valence-corrected chi connectivity index (χ1v) is 11.2. The number of rotatable bonds is 7. The third kappa shape index (κ3) is 4.22. The van der Waals surface area contributed by atoms with Crippen molar-refractivity contribution >= 4 is 33.3 Å². The maximum atomic E-state index is 12.4. The summed E-state index contributed by atoms with van der Waals surface area (Å²) in [5.41, 5.74) is 2.13. The first-order valence-electron chi connectivity index (χ1n) is 10.3. The van der Waals surface area contributed by atoms with Gasteiger partial charge in [-0.2, -0.15) is 0 Å². The van der Waals surface area contributed by atoms with E-state index in [9.17, 15) is 4.79 Å². The van der Waals surface area contributed by atoms with Crippen LogP contribution in [0.2, 0.25) is 0 Å². The number of hydrogen-bond acceptors (Lipinski definition) is 7. The van der Waals surface area contributed by atoms with E-state index in [-0.39, 0.29) is 12.7 Å². The Balaban J connectivity index is 1.21. The minimum absolute atomic E-state index is 0.0184. The lowest BCUT2D eigenvalue weighted by Crippen LogP contribution is -2.28. The maximum absolute atomic E-state index is 12.4. The number of anilines is 1. The number of thiophene rings is 1. The Hall–Kier alpha value is -3.65. The summed E-state index contributed by atoms with van der Waals surface area (Å²) in [5.74, 6) is 2.27. The number of ether oxygens (including phenoxy) is 2. The molecular weight excluding hydrogens is 424 g/mol. The van der Waals surface area contributed by atoms with Crippen LogP contribution in [0.4, 0.5) is 5.82 Å². The molecule has 0 saturated heterocycles. The van der Waals surface area contributed by atoms with Crippen LogP contribution in [-0.2, 0) is 11.3 Å². The smallest absolute Gasteiger partial charge is 0.231 e. The quantitative estimate of drug-likeness (QED) is 0.458. The van der Waals surface area contributed by atoms with E-state index in [1.54, 1.807) is 17.7 Å². The van der Waals surface area contributed by atoms with Crippen LogP contribution in [0, 0.1) is 0 Å². The van der Waals surface area contributed by atoms with Gasteiger partial charge in [0.25, 0.3) is 0 Å². The molecule has 1 aliphatic heterocycles. The Morgan fingerprint density at radius 3 is 2.81 bits per heavy atom. The molecule has 0 bridgehead atoms. The fourth-order valence-electron chi connectivity index (χ4n) is 3.61. The zero-order valence-electron chi connectivity index (χ0n) is 17.6. The van der Waals surface area contributed by atoms with E-state index in [0.29, 0.717) is 19.5 Å². The zero-order chi connectivity index (χ0) is 21.9. The zero-order valence-corrected chi connectivity index (χ0v) is 18.4. The molecule has 0 spiro atoms. The Morgan fingerprint density at radius 1 is 1.09 bits per heavy atom. The predicted octanol–water partition coefficient (Wildman–Crippen LogP) is 4.23. The predicted molar refractivity (Wildman–Crippen MR) is 125 cm³/mol. The van der Waals surface area contributed by atoms with Gasteiger partial charge in [0.05, 0.1) is 5.39 Å². The molecule has 5 rings (SSSR count). The monoisotopic (exact) mass is 446 g/mol. The molecule has 162 valence electrons. The lowest BCUT2D eigenvalue weighted by Gasteiger charge is -2.18. The number of carbonyl (C=O) groups excluding carboxylic acids is 1. The van der Waals surface area contributed by atoms with Gasteiger partial charge in [0.1, 0.15) is 17.0 Å². The van der Waals surface area contributed by atoms with Crippen LogP contribution in [-0.4, -0.2) is 36.3 Å². The van der Waals surface area contributed by atoms with Gasteiger partial charge in [0.2, 0.25) is 12.7 Å². The lowest BCUT2D eigenvalue weighted by atomic mass is 10.2. The van der Waals surface area contributed by atoms with Crippen molar-refractivity contribution in [3.63, 3.8) is 0 Å². The summed E-state index contributed by atoms with van der Waals surface area (Å²) < 4.78 is 10.7. The molecule has 8 heteroatoms. The van der Waals surface area contributed by atoms with Crippen molar-refractivity contribution in [3.05, 3.63) is 66.5 Å². The lowest BCUT2D eigenvalue weighted by molar-refractivity contribution is -0.121. The molecule has 0 saturated carbocycles. The highest BCUT2D eigenvalue weighted by atomic mass is 32.1. The van der Waals surface area contributed by atoms with Crippen molar-refractivity contribution in [2.45, 2.75) is 13.0 Å². The van der Waals surface area contributed by atoms with E-state index < -0.39 is 0 Å². The van der Waals surface area contributed by atoms with Crippen LogP contribution in [0.3, 0.4) is 0 Å². The van der Waals surface area contributed by atoms with Crippen LogP contribution < -0.4 is 19.7 Å². The van der Waals surface area contributed by atoms with E-state index in [1.807, 2.05) is 48.3 Å². The van der Waals surface area contributed by atoms with Gasteiger partial charge < -0.3 is 19.7 Å². The van der Waals surface area contributed by atoms with Crippen molar-refractivity contribution in [2.75, 3.05) is 25.3 Å². The molecule has 0 aliphatic carbocycles. The average Bonchev–Trinajstić information content (AvgIpc) is 3.48. The Bertz CT molecular complexity index is 1260. The Kier molecular flexibility index (Phi) is 5.60. The molecule has 2 aromatic carbocycles. The molecule has 32 heavy (non-hydrogen) atoms. The van der Waals surface area contributed by atoms with Crippen molar-refractivity contribution in [1.82, 2.24) is 15.3 Å². The summed E-state index contributed by atoms with van der Waals surface area (Å²) in [4.78, 5) is 25.4. The summed E-state index contributed by atoms with van der Waals surface area (Å²) in [5, 5.41) is 3.97. The number of carbonyl (C=O) groups is 1. The summed E-state index contributed by atoms with van der Waals surface area (Å²) >= 11 is 1.64. The standard InChI is InChI=1S/C24H22N4O3S/c1-28(10-9-22(29)25-13-16-7-8-19-20(11-16)31-15-30-19)23-18-12-21(17-5-3-2-4-6-17)32-24(18)27-14-26-23/h2-8,11-12,14H,9-10,13,15H2,1H3,(H,25,29). The van der Waals surface area contributed by atoms with Gasteiger partial charge in [-0.1, -0.05) is 36.4 Å². The third-order valence-corrected chi connectivity index (χ3v) is 6.42. The van der Waals surface area contributed by atoms with Crippen molar-refractivity contribution in [1.29, 1.82) is 0 Å². The fourth-order valence-corrected chi connectivity index (χ4v) is 4.61. The van der Waals surface area contributed by atoms with Crippen LogP contribution in [0.25, 0.3) is 20.7 Å². The van der Waals surface area contributed by atoms with Gasteiger partial charge in [-0.25, -0.2) is 9.97 Å². The van der Waals surface area contributed by atoms with Crippen molar-refractivity contribution < 1.29 is 14.3 Å². The molecule has 0 unspecified atom stereocenters. The Morgan fingerprint density at radius 2 is 1.94 bits per heavy atom. The van der Waals surface area contributed by atoms with Crippen molar-refractivity contribution in [3.8, 4) is 21.9 Å². The van der Waals surface area contributed by atoms with Gasteiger partial charge in [-0.05, 0) is 29.3 Å². The Labute approximate surface area is 189 Å². The molecule has 0 atom stereocenters. The van der Waals surface area contributed by atoms with Crippen LogP contribution in [0.1, 0.15) is 12.0 Å². The number of benzene rings is 2. The second kappa shape index (κ2) is 8.84. The molecule has 1 aliphatic rings. The summed E-state index contributed by atoms with van der Waals surface area (Å²) in [6.45, 7) is 1.24. The largest absolute Gasteiger partial charge is 0.454 e. The fraction of sp³-hybridized carbons (Fsp3) is 0.208. The van der Waals surface area contributed by atoms with Gasteiger partial charge in [0.15, 0.2) is 11.5 Å². The van der Waals surface area contributed by atoms with Gasteiger partial charge in [-0.3, -0.25) is 4.79 Å². The summed E-state index contributed by atoms with van der Waals surface area (Å²) in [6, 6.07) is 18.1. The number of amides is 1. The number of nitrogens with one attached hydrogen (secondary N) is 1. The van der Waals surface area contributed by atoms with E-state index in [0.717, 1.165) is 43.5 Å². The van der Waals surface area contributed by atoms with Gasteiger partial charge >= 0.3 is 0 Å². The molecule has 4 aromatic rings. The van der Waals surface area contributed by atoms with E-state index in [4.69, 9.17) is 9.47 Å². The minimum Gasteiger partial charge on any atom is -0.454 e. The minimum atomic E-state index is -0.0184. The van der Waals surface area contributed by atoms with Crippen LogP contribution in [0.15, 0.2) is 60.9 Å². The van der Waals surface area contributed by atoms with Gasteiger partial charge in [-0.15, -0.1) is 11.3 Å². The third-order valence-electron chi connectivity index (χ3n) is 5.33. The highest BCUT2D eigenvalue weighted by molar-refractivity contribution is 7.21. The van der Waals surface area contributed by atoms with E-state index in [1.165, 1.54) is 0 Å². The maximum Gasteiger partial charge on any atom is 0.231 e. The first kappa shape index (κ1) is 20.3. The van der Waals surface area contributed by atoms with Gasteiger partial charge in [0, 0.05) is 31.4 Å². The van der Waals surface area contributed by atoms with E-state index >= 15 is 0 Å². The highest BCUT2D eigenvalue weighted by Gasteiger charge is 2.15. The van der Waals surface area contributed by atoms with Crippen molar-refractivity contribution in [2.24, 2.45) is 0 Å². The molecular formula is C24H22N4O3S. The summed E-state index contributed by atoms with van der Waals surface area (Å²) in [6.07, 6.45) is 1.95.